The number of benzene rings is 1. The Labute approximate surface area is 196 Å². The largest absolute Gasteiger partial charge is 0.416 e. The number of amides is 1. The molecule has 0 aliphatic carbocycles. The number of pyridine rings is 1. The van der Waals surface area contributed by atoms with Gasteiger partial charge in [-0.2, -0.15) is 13.2 Å². The summed E-state index contributed by atoms with van der Waals surface area (Å²) in [4.78, 5) is 27.7. The molecule has 178 valence electrons. The average Bonchev–Trinajstić information content (AvgIpc) is 3.33. The number of carbonyl (C=O) groups excluding carboxylic acids is 1. The second-order valence-electron chi connectivity index (χ2n) is 8.27. The van der Waals surface area contributed by atoms with Crippen molar-refractivity contribution in [3.8, 4) is 0 Å². The van der Waals surface area contributed by atoms with E-state index in [0.29, 0.717) is 38.3 Å². The smallest absolute Gasteiger partial charge is 0.354 e. The summed E-state index contributed by atoms with van der Waals surface area (Å²) in [5.74, 6) is 0.635. The fraction of sp³-hybridized carbons (Fsp3) is 0.360. The normalized spacial score (nSPS) is 16.0. The van der Waals surface area contributed by atoms with Gasteiger partial charge in [0.1, 0.15) is 0 Å². The first-order valence-electron chi connectivity index (χ1n) is 11.3. The number of anilines is 1. The molecule has 4 rings (SSSR count). The molecule has 34 heavy (non-hydrogen) atoms. The lowest BCUT2D eigenvalue weighted by atomic mass is 10.0. The van der Waals surface area contributed by atoms with Gasteiger partial charge in [0.05, 0.1) is 17.3 Å². The van der Waals surface area contributed by atoms with Crippen LogP contribution < -0.4 is 5.32 Å². The molecule has 1 aromatic carbocycles. The molecule has 6 nitrogen and oxygen atoms in total. The molecule has 1 fully saturated rings. The van der Waals surface area contributed by atoms with Crippen molar-refractivity contribution in [2.45, 2.75) is 44.3 Å². The first kappa shape index (κ1) is 23.7. The first-order valence-corrected chi connectivity index (χ1v) is 11.3. The third-order valence-electron chi connectivity index (χ3n) is 5.83. The molecule has 1 N–H and O–H groups in total. The number of likely N-dealkylation sites (tertiary alicyclic amines) is 1. The molecule has 1 aliphatic heterocycles. The van der Waals surface area contributed by atoms with E-state index < -0.39 is 11.7 Å². The number of aromatic nitrogens is 3. The number of alkyl halides is 3. The zero-order valence-corrected chi connectivity index (χ0v) is 18.6. The summed E-state index contributed by atoms with van der Waals surface area (Å²) >= 11 is 0. The Morgan fingerprint density at radius 1 is 1.06 bits per heavy atom. The summed E-state index contributed by atoms with van der Waals surface area (Å²) in [7, 11) is 0. The quantitative estimate of drug-likeness (QED) is 0.468. The number of nitrogens with one attached hydrogen (secondary N) is 1. The molecule has 1 atom stereocenters. The van der Waals surface area contributed by atoms with Crippen molar-refractivity contribution in [1.29, 1.82) is 0 Å². The van der Waals surface area contributed by atoms with Crippen LogP contribution in [0.4, 0.5) is 19.1 Å². The number of rotatable bonds is 8. The van der Waals surface area contributed by atoms with Gasteiger partial charge in [-0.1, -0.05) is 18.2 Å². The van der Waals surface area contributed by atoms with Crippen LogP contribution in [-0.2, 0) is 17.4 Å². The predicted molar refractivity (Wildman–Crippen MR) is 122 cm³/mol. The zero-order valence-electron chi connectivity index (χ0n) is 18.6. The second-order valence-corrected chi connectivity index (χ2v) is 8.27. The highest BCUT2D eigenvalue weighted by molar-refractivity contribution is 5.77. The molecule has 1 saturated heterocycles. The van der Waals surface area contributed by atoms with E-state index in [1.54, 1.807) is 18.5 Å². The van der Waals surface area contributed by atoms with Crippen LogP contribution in [0.2, 0.25) is 0 Å². The van der Waals surface area contributed by atoms with Crippen LogP contribution in [0.25, 0.3) is 0 Å². The highest BCUT2D eigenvalue weighted by Gasteiger charge is 2.31. The van der Waals surface area contributed by atoms with Crippen LogP contribution in [0.3, 0.4) is 0 Å². The van der Waals surface area contributed by atoms with Crippen molar-refractivity contribution < 1.29 is 18.0 Å². The molecule has 3 aromatic rings. The predicted octanol–water partition coefficient (Wildman–Crippen LogP) is 5.04. The lowest BCUT2D eigenvalue weighted by Gasteiger charge is -2.25. The van der Waals surface area contributed by atoms with Crippen LogP contribution in [0.15, 0.2) is 60.9 Å². The van der Waals surface area contributed by atoms with E-state index in [1.165, 1.54) is 12.1 Å². The summed E-state index contributed by atoms with van der Waals surface area (Å²) in [5.41, 5.74) is 1.69. The van der Waals surface area contributed by atoms with Crippen molar-refractivity contribution in [3.63, 3.8) is 0 Å². The highest BCUT2D eigenvalue weighted by Crippen LogP contribution is 2.32. The number of halogens is 3. The maximum Gasteiger partial charge on any atom is 0.416 e. The molecule has 2 aromatic heterocycles. The van der Waals surface area contributed by atoms with Gasteiger partial charge in [0.2, 0.25) is 11.9 Å². The van der Waals surface area contributed by atoms with Gasteiger partial charge < -0.3 is 10.2 Å². The molecule has 3 heterocycles. The number of hydrogen-bond donors (Lipinski definition) is 1. The van der Waals surface area contributed by atoms with Crippen LogP contribution >= 0.6 is 0 Å². The third-order valence-corrected chi connectivity index (χ3v) is 5.83. The first-order chi connectivity index (χ1) is 16.4. The third kappa shape index (κ3) is 6.09. The second kappa shape index (κ2) is 10.6. The molecule has 0 bridgehead atoms. The Balaban J connectivity index is 1.34. The summed E-state index contributed by atoms with van der Waals surface area (Å²) in [6.07, 6.45) is 2.25. The van der Waals surface area contributed by atoms with E-state index in [4.69, 9.17) is 4.98 Å². The molecule has 0 radical (unpaired) electrons. The van der Waals surface area contributed by atoms with E-state index in [9.17, 15) is 18.0 Å². The van der Waals surface area contributed by atoms with Crippen molar-refractivity contribution in [2.75, 3.05) is 18.4 Å². The van der Waals surface area contributed by atoms with Crippen LogP contribution in [0.5, 0.6) is 0 Å². The van der Waals surface area contributed by atoms with Gasteiger partial charge in [-0.3, -0.25) is 9.78 Å². The maximum atomic E-state index is 12.9. The standard InChI is InChI=1S/C25H26F3N5O/c26-25(27,28)19-11-9-18(10-12-19)17-20-5-1-6-21(32-20)22-7-3-16-33(22)23(34)8-2-13-29-24-30-14-4-15-31-24/h1,4-6,9-12,14-15,22H,2-3,7-8,13,16-17H2,(H,29,30,31)/t22-/m1/s1. The molecule has 0 saturated carbocycles. The minimum atomic E-state index is -4.35. The summed E-state index contributed by atoms with van der Waals surface area (Å²) in [6, 6.07) is 12.5. The summed E-state index contributed by atoms with van der Waals surface area (Å²) < 4.78 is 38.4. The monoisotopic (exact) mass is 469 g/mol. The van der Waals surface area contributed by atoms with Gasteiger partial charge in [0.25, 0.3) is 0 Å². The van der Waals surface area contributed by atoms with E-state index >= 15 is 0 Å². The summed E-state index contributed by atoms with van der Waals surface area (Å²) in [6.45, 7) is 1.30. The van der Waals surface area contributed by atoms with E-state index in [-0.39, 0.29) is 11.9 Å². The van der Waals surface area contributed by atoms with Crippen LogP contribution in [0.1, 0.15) is 54.2 Å². The molecular weight excluding hydrogens is 443 g/mol. The fourth-order valence-electron chi connectivity index (χ4n) is 4.15. The number of hydrogen-bond acceptors (Lipinski definition) is 5. The van der Waals surface area contributed by atoms with Crippen LogP contribution in [0, 0.1) is 0 Å². The van der Waals surface area contributed by atoms with Gasteiger partial charge in [0, 0.05) is 44.0 Å². The fourth-order valence-corrected chi connectivity index (χ4v) is 4.15. The minimum absolute atomic E-state index is 0.0783. The molecule has 1 amide bonds. The van der Waals surface area contributed by atoms with Gasteiger partial charge in [-0.25, -0.2) is 9.97 Å². The van der Waals surface area contributed by atoms with Gasteiger partial charge in [-0.15, -0.1) is 0 Å². The van der Waals surface area contributed by atoms with Gasteiger partial charge >= 0.3 is 6.18 Å². The van der Waals surface area contributed by atoms with Gasteiger partial charge in [-0.05, 0) is 55.2 Å². The number of nitrogens with zero attached hydrogens (tertiary/aromatic N) is 4. The lowest BCUT2D eigenvalue weighted by Crippen LogP contribution is -2.31. The SMILES string of the molecule is O=C(CCCNc1ncccn1)N1CCC[C@@H]1c1cccc(Cc2ccc(C(F)(F)F)cc2)n1. The molecule has 0 unspecified atom stereocenters. The van der Waals surface area contributed by atoms with Crippen molar-refractivity contribution in [2.24, 2.45) is 0 Å². The topological polar surface area (TPSA) is 71.0 Å². The van der Waals surface area contributed by atoms with E-state index in [0.717, 1.165) is 41.9 Å². The summed E-state index contributed by atoms with van der Waals surface area (Å²) in [5, 5.41) is 3.11. The molecular formula is C25H26F3N5O. The Hall–Kier alpha value is -3.49. The molecule has 0 spiro atoms. The van der Waals surface area contributed by atoms with Crippen molar-refractivity contribution in [3.05, 3.63) is 83.4 Å². The Morgan fingerprint density at radius 2 is 1.82 bits per heavy atom. The molecule has 9 heteroatoms. The lowest BCUT2D eigenvalue weighted by molar-refractivity contribution is -0.137. The van der Waals surface area contributed by atoms with Crippen LogP contribution in [-0.4, -0.2) is 38.8 Å². The number of carbonyl (C=O) groups is 1. The highest BCUT2D eigenvalue weighted by atomic mass is 19.4. The van der Waals surface area contributed by atoms with E-state index in [1.807, 2.05) is 23.1 Å². The molecule has 1 aliphatic rings. The Morgan fingerprint density at radius 3 is 2.56 bits per heavy atom. The average molecular weight is 470 g/mol. The van der Waals surface area contributed by atoms with Crippen molar-refractivity contribution in [1.82, 2.24) is 19.9 Å². The van der Waals surface area contributed by atoms with Gasteiger partial charge in [0.15, 0.2) is 0 Å². The Bertz CT molecular complexity index is 1090. The zero-order chi connectivity index (χ0) is 24.0. The maximum absolute atomic E-state index is 12.9. The van der Waals surface area contributed by atoms with E-state index in [2.05, 4.69) is 15.3 Å². The van der Waals surface area contributed by atoms with Crippen molar-refractivity contribution >= 4 is 11.9 Å². The minimum Gasteiger partial charge on any atom is -0.354 e. The Kier molecular flexibility index (Phi) is 7.40.